The van der Waals surface area contributed by atoms with E-state index in [2.05, 4.69) is 37.5 Å². The first kappa shape index (κ1) is 22.8. The third-order valence-electron chi connectivity index (χ3n) is 7.87. The first-order valence-corrected chi connectivity index (χ1v) is 12.9. The van der Waals surface area contributed by atoms with Crippen LogP contribution in [-0.2, 0) is 10.3 Å². The number of amides is 2. The van der Waals surface area contributed by atoms with E-state index < -0.39 is 5.54 Å². The molecule has 3 N–H and O–H groups in total. The molecule has 2 aromatic heterocycles. The van der Waals surface area contributed by atoms with Crippen LogP contribution in [0.3, 0.4) is 0 Å². The number of carbonyl (C=O) groups is 2. The summed E-state index contributed by atoms with van der Waals surface area (Å²) in [4.78, 5) is 39.5. The quantitative estimate of drug-likeness (QED) is 0.518. The zero-order chi connectivity index (χ0) is 24.7. The fourth-order valence-corrected chi connectivity index (χ4v) is 5.78. The molecule has 0 unspecified atom stereocenters. The van der Waals surface area contributed by atoms with Crippen LogP contribution in [0, 0.1) is 0 Å². The maximum atomic E-state index is 13.0. The molecule has 10 heteroatoms. The van der Waals surface area contributed by atoms with Gasteiger partial charge in [0.1, 0.15) is 17.0 Å². The van der Waals surface area contributed by atoms with Crippen molar-refractivity contribution in [3.8, 4) is 0 Å². The van der Waals surface area contributed by atoms with Gasteiger partial charge in [0.25, 0.3) is 11.8 Å². The monoisotopic (exact) mass is 488 g/mol. The number of anilines is 3. The summed E-state index contributed by atoms with van der Waals surface area (Å²) >= 11 is 0. The molecule has 2 amide bonds. The van der Waals surface area contributed by atoms with E-state index in [1.165, 1.54) is 0 Å². The number of piperazine rings is 1. The second kappa shape index (κ2) is 9.09. The van der Waals surface area contributed by atoms with Gasteiger partial charge in [0.05, 0.1) is 0 Å². The summed E-state index contributed by atoms with van der Waals surface area (Å²) in [6, 6.07) is 9.44. The van der Waals surface area contributed by atoms with E-state index >= 15 is 0 Å². The van der Waals surface area contributed by atoms with Crippen LogP contribution in [0.4, 0.5) is 17.5 Å². The van der Waals surface area contributed by atoms with Gasteiger partial charge in [-0.15, -0.1) is 0 Å². The second-order valence-corrected chi connectivity index (χ2v) is 9.94. The zero-order valence-electron chi connectivity index (χ0n) is 20.6. The van der Waals surface area contributed by atoms with E-state index in [0.29, 0.717) is 11.5 Å². The largest absolute Gasteiger partial charge is 0.336 e. The maximum absolute atomic E-state index is 13.0. The lowest BCUT2D eigenvalue weighted by Gasteiger charge is -2.41. The number of nitrogens with one attached hydrogen (secondary N) is 3. The third kappa shape index (κ3) is 3.85. The second-order valence-electron chi connectivity index (χ2n) is 9.94. The number of hydrogen-bond donors (Lipinski definition) is 3. The molecule has 2 aliphatic heterocycles. The summed E-state index contributed by atoms with van der Waals surface area (Å²) in [5.74, 6) is 1.35. The number of rotatable bonds is 4. The molecule has 1 saturated heterocycles. The molecule has 0 radical (unpaired) electrons. The van der Waals surface area contributed by atoms with Crippen LogP contribution in [0.1, 0.15) is 49.4 Å². The molecule has 1 aromatic carbocycles. The fourth-order valence-electron chi connectivity index (χ4n) is 5.78. The Kier molecular flexibility index (Phi) is 5.75. The van der Waals surface area contributed by atoms with Crippen LogP contribution >= 0.6 is 0 Å². The molecule has 1 saturated carbocycles. The highest BCUT2D eigenvalue weighted by atomic mass is 16.2. The molecule has 2 fully saturated rings. The summed E-state index contributed by atoms with van der Waals surface area (Å²) in [6.45, 7) is 6.53. The summed E-state index contributed by atoms with van der Waals surface area (Å²) < 4.78 is 2.06. The normalized spacial score (nSPS) is 19.6. The van der Waals surface area contributed by atoms with Crippen molar-refractivity contribution in [2.45, 2.75) is 44.6 Å². The van der Waals surface area contributed by atoms with Crippen LogP contribution in [0.25, 0.3) is 11.0 Å². The predicted molar refractivity (Wildman–Crippen MR) is 138 cm³/mol. The number of benzene rings is 1. The predicted octanol–water partition coefficient (Wildman–Crippen LogP) is 3.07. The molecule has 4 heterocycles. The minimum Gasteiger partial charge on any atom is -0.336 e. The van der Waals surface area contributed by atoms with Gasteiger partial charge in [0.2, 0.25) is 5.95 Å². The minimum absolute atomic E-state index is 0.00307. The first-order chi connectivity index (χ1) is 17.6. The summed E-state index contributed by atoms with van der Waals surface area (Å²) in [6.07, 6.45) is 6.56. The van der Waals surface area contributed by atoms with Crippen LogP contribution < -0.4 is 16.2 Å². The number of likely N-dealkylation sites (N-methyl/N-ethyl adjacent to an activating group) is 1. The van der Waals surface area contributed by atoms with Crippen molar-refractivity contribution in [2.75, 3.05) is 43.5 Å². The lowest BCUT2D eigenvalue weighted by atomic mass is 9.80. The Morgan fingerprint density at radius 3 is 2.53 bits per heavy atom. The van der Waals surface area contributed by atoms with Crippen LogP contribution in [-0.4, -0.2) is 68.9 Å². The number of hydrazine groups is 1. The number of aromatic nitrogens is 3. The Bertz CT molecular complexity index is 1290. The Hall–Kier alpha value is -3.66. The molecule has 3 aromatic rings. The number of nitrogens with zero attached hydrogens (tertiary/aromatic N) is 5. The Morgan fingerprint density at radius 2 is 1.81 bits per heavy atom. The first-order valence-electron chi connectivity index (χ1n) is 12.9. The molecule has 0 bridgehead atoms. The molecule has 1 spiro atoms. The van der Waals surface area contributed by atoms with Crippen molar-refractivity contribution < 1.29 is 9.59 Å². The summed E-state index contributed by atoms with van der Waals surface area (Å²) in [5, 5.41) is 4.15. The third-order valence-corrected chi connectivity index (χ3v) is 7.87. The van der Waals surface area contributed by atoms with E-state index in [1.54, 1.807) is 6.20 Å². The van der Waals surface area contributed by atoms with Gasteiger partial charge in [-0.25, -0.2) is 4.98 Å². The average Bonchev–Trinajstić information content (AvgIpc) is 3.30. The van der Waals surface area contributed by atoms with Crippen LogP contribution in [0.2, 0.25) is 0 Å². The SMILES string of the molecule is CCN1CCN(C(=O)c2ccc(Nc3ncc4cc5n(c4n3)C3(CCCCC3)C(=O)NN5)cc2)CC1. The smallest absolute Gasteiger partial charge is 0.264 e. The number of hydrogen-bond acceptors (Lipinski definition) is 7. The topological polar surface area (TPSA) is 107 Å². The molecular weight excluding hydrogens is 456 g/mol. The standard InChI is InChI=1S/C26H32N8O2/c1-2-32-12-14-33(15-13-32)23(35)18-6-8-20(9-7-18)28-25-27-17-19-16-21-30-31-24(36)26(10-4-3-5-11-26)34(21)22(19)29-25/h6-9,16-17,30H,2-5,10-15H2,1H3,(H,31,36)(H,27,28,29). The van der Waals surface area contributed by atoms with E-state index in [0.717, 1.165) is 87.4 Å². The molecular formula is C26H32N8O2. The molecule has 188 valence electrons. The zero-order valence-corrected chi connectivity index (χ0v) is 20.6. The van der Waals surface area contributed by atoms with Gasteiger partial charge in [-0.2, -0.15) is 4.98 Å². The van der Waals surface area contributed by atoms with Gasteiger partial charge in [0, 0.05) is 49.0 Å². The van der Waals surface area contributed by atoms with Crippen molar-refractivity contribution in [2.24, 2.45) is 0 Å². The number of fused-ring (bicyclic) bond motifs is 4. The van der Waals surface area contributed by atoms with E-state index in [1.807, 2.05) is 35.2 Å². The highest BCUT2D eigenvalue weighted by Gasteiger charge is 2.46. The molecule has 1 aliphatic carbocycles. The van der Waals surface area contributed by atoms with Crippen LogP contribution in [0.5, 0.6) is 0 Å². The van der Waals surface area contributed by atoms with Gasteiger partial charge in [0.15, 0.2) is 0 Å². The van der Waals surface area contributed by atoms with Crippen molar-refractivity contribution in [3.05, 3.63) is 42.1 Å². The van der Waals surface area contributed by atoms with Gasteiger partial charge < -0.3 is 15.1 Å². The molecule has 0 atom stereocenters. The fraction of sp³-hybridized carbons (Fsp3) is 0.462. The van der Waals surface area contributed by atoms with Gasteiger partial charge in [-0.05, 0) is 49.7 Å². The number of carbonyl (C=O) groups excluding carboxylic acids is 2. The summed E-state index contributed by atoms with van der Waals surface area (Å²) in [7, 11) is 0. The van der Waals surface area contributed by atoms with Crippen molar-refractivity contribution in [1.82, 2.24) is 29.8 Å². The molecule has 3 aliphatic rings. The van der Waals surface area contributed by atoms with Crippen molar-refractivity contribution >= 4 is 40.3 Å². The highest BCUT2D eigenvalue weighted by Crippen LogP contribution is 2.42. The van der Waals surface area contributed by atoms with Crippen LogP contribution in [0.15, 0.2) is 36.5 Å². The maximum Gasteiger partial charge on any atom is 0.264 e. The highest BCUT2D eigenvalue weighted by molar-refractivity contribution is 5.95. The molecule has 6 rings (SSSR count). The van der Waals surface area contributed by atoms with Gasteiger partial charge in [-0.1, -0.05) is 26.2 Å². The van der Waals surface area contributed by atoms with E-state index in [9.17, 15) is 9.59 Å². The van der Waals surface area contributed by atoms with E-state index in [4.69, 9.17) is 4.98 Å². The van der Waals surface area contributed by atoms with E-state index in [-0.39, 0.29) is 11.8 Å². The molecule has 36 heavy (non-hydrogen) atoms. The Morgan fingerprint density at radius 1 is 1.06 bits per heavy atom. The Labute approximate surface area is 210 Å². The lowest BCUT2D eigenvalue weighted by Crippen LogP contribution is -2.55. The van der Waals surface area contributed by atoms with Gasteiger partial charge in [-0.3, -0.25) is 25.0 Å². The minimum atomic E-state index is -0.614. The van der Waals surface area contributed by atoms with Crippen molar-refractivity contribution in [3.63, 3.8) is 0 Å². The lowest BCUT2D eigenvalue weighted by molar-refractivity contribution is -0.131. The van der Waals surface area contributed by atoms with Gasteiger partial charge >= 0.3 is 0 Å². The average molecular weight is 489 g/mol. The molecule has 10 nitrogen and oxygen atoms in total. The Balaban J connectivity index is 1.23. The summed E-state index contributed by atoms with van der Waals surface area (Å²) in [5.41, 5.74) is 7.49. The van der Waals surface area contributed by atoms with Crippen molar-refractivity contribution in [1.29, 1.82) is 0 Å².